The average Bonchev–Trinajstić information content (AvgIpc) is 2.89. The second-order valence-corrected chi connectivity index (χ2v) is 10.5. The largest absolute Gasteiger partial charge is 0.419 e. The van der Waals surface area contributed by atoms with E-state index in [4.69, 9.17) is 0 Å². The number of para-hydroxylation sites is 1. The summed E-state index contributed by atoms with van der Waals surface area (Å²) in [6, 6.07) is 16.7. The predicted molar refractivity (Wildman–Crippen MR) is 133 cm³/mol. The number of rotatable bonds is 4. The van der Waals surface area contributed by atoms with Crippen molar-refractivity contribution in [3.63, 3.8) is 0 Å². The van der Waals surface area contributed by atoms with Gasteiger partial charge in [-0.3, -0.25) is 5.32 Å². The van der Waals surface area contributed by atoms with E-state index in [1.807, 2.05) is 25.2 Å². The number of piperazine rings is 1. The van der Waals surface area contributed by atoms with Gasteiger partial charge in [0.25, 0.3) is 0 Å². The van der Waals surface area contributed by atoms with Crippen LogP contribution in [0.25, 0.3) is 0 Å². The van der Waals surface area contributed by atoms with Crippen LogP contribution < -0.4 is 5.32 Å². The van der Waals surface area contributed by atoms with Gasteiger partial charge in [-0.05, 0) is 42.3 Å². The Morgan fingerprint density at radius 3 is 2.39 bits per heavy atom. The lowest BCUT2D eigenvalue weighted by Gasteiger charge is -2.41. The van der Waals surface area contributed by atoms with E-state index in [0.29, 0.717) is 23.4 Å². The van der Waals surface area contributed by atoms with Crippen LogP contribution in [0.1, 0.15) is 22.7 Å². The van der Waals surface area contributed by atoms with Crippen molar-refractivity contribution in [3.8, 4) is 6.19 Å². The molecule has 3 aromatic carbocycles. The molecule has 1 aliphatic rings. The molecule has 1 N–H and O–H groups in total. The number of aryl methyl sites for hydroxylation is 1. The average molecular weight is 546 g/mol. The van der Waals surface area contributed by atoms with E-state index in [-0.39, 0.29) is 25.6 Å². The quantitative estimate of drug-likeness (QED) is 0.165. The normalized spacial score (nSPS) is 17.2. The Morgan fingerprint density at radius 1 is 1.05 bits per heavy atom. The summed E-state index contributed by atoms with van der Waals surface area (Å²) >= 11 is 0. The molecule has 7 nitrogen and oxygen atoms in total. The first kappa shape index (κ1) is 27.1. The second kappa shape index (κ2) is 10.8. The molecular weight excluding hydrogens is 522 g/mol. The van der Waals surface area contributed by atoms with Crippen molar-refractivity contribution in [1.29, 1.82) is 5.26 Å². The first-order valence-electron chi connectivity index (χ1n) is 11.5. The molecular formula is C26H23F4N5O2S. The minimum atomic E-state index is -5.06. The maximum absolute atomic E-state index is 13.9. The molecule has 1 saturated heterocycles. The minimum Gasteiger partial charge on any atom is -0.339 e. The molecule has 1 atom stereocenters. The van der Waals surface area contributed by atoms with Crippen molar-refractivity contribution >= 4 is 21.7 Å². The molecule has 1 heterocycles. The van der Waals surface area contributed by atoms with Crippen LogP contribution in [0.5, 0.6) is 0 Å². The fraction of sp³-hybridized carbons (Fsp3) is 0.231. The third-order valence-corrected chi connectivity index (χ3v) is 8.08. The van der Waals surface area contributed by atoms with Gasteiger partial charge >= 0.3 is 6.18 Å². The molecule has 198 valence electrons. The summed E-state index contributed by atoms with van der Waals surface area (Å²) in [4.78, 5) is 5.62. The summed E-state index contributed by atoms with van der Waals surface area (Å²) < 4.78 is 82.2. The highest BCUT2D eigenvalue weighted by atomic mass is 32.2. The third kappa shape index (κ3) is 5.64. The third-order valence-electron chi connectivity index (χ3n) is 6.17. The van der Waals surface area contributed by atoms with E-state index in [2.05, 4.69) is 10.3 Å². The Bertz CT molecular complexity index is 1490. The number of nitrogens with one attached hydrogen (secondary N) is 1. The predicted octanol–water partition coefficient (Wildman–Crippen LogP) is 4.96. The number of aliphatic imine (C=N–C) groups is 1. The van der Waals surface area contributed by atoms with E-state index < -0.39 is 38.5 Å². The van der Waals surface area contributed by atoms with Crippen LogP contribution in [-0.4, -0.2) is 43.2 Å². The van der Waals surface area contributed by atoms with Gasteiger partial charge in [0.2, 0.25) is 16.0 Å². The first-order valence-corrected chi connectivity index (χ1v) is 12.9. The number of hydrogen-bond acceptors (Lipinski definition) is 4. The number of nitrogens with zero attached hydrogens (tertiary/aromatic N) is 4. The summed E-state index contributed by atoms with van der Waals surface area (Å²) in [5.41, 5.74) is 0.412. The summed E-state index contributed by atoms with van der Waals surface area (Å²) in [6.07, 6.45) is -3.20. The molecule has 1 fully saturated rings. The molecule has 0 saturated carbocycles. The van der Waals surface area contributed by atoms with E-state index in [0.717, 1.165) is 15.9 Å². The highest BCUT2D eigenvalue weighted by molar-refractivity contribution is 7.89. The van der Waals surface area contributed by atoms with Crippen molar-refractivity contribution < 1.29 is 26.0 Å². The van der Waals surface area contributed by atoms with Gasteiger partial charge in [-0.15, -0.1) is 0 Å². The van der Waals surface area contributed by atoms with Gasteiger partial charge < -0.3 is 4.90 Å². The molecule has 38 heavy (non-hydrogen) atoms. The molecule has 1 unspecified atom stereocenters. The topological polar surface area (TPSA) is 88.8 Å². The lowest BCUT2D eigenvalue weighted by molar-refractivity contribution is -0.140. The number of sulfonamides is 1. The molecule has 0 aliphatic carbocycles. The zero-order valence-electron chi connectivity index (χ0n) is 20.2. The monoisotopic (exact) mass is 545 g/mol. The maximum Gasteiger partial charge on any atom is 0.419 e. The summed E-state index contributed by atoms with van der Waals surface area (Å²) in [5.74, 6) is -1.35. The maximum atomic E-state index is 13.9. The highest BCUT2D eigenvalue weighted by Crippen LogP contribution is 2.36. The Kier molecular flexibility index (Phi) is 7.71. The lowest BCUT2D eigenvalue weighted by atomic mass is 10.0. The molecule has 1 aliphatic heterocycles. The molecule has 12 heteroatoms. The number of benzene rings is 3. The Morgan fingerprint density at radius 2 is 1.74 bits per heavy atom. The number of hydrogen-bond donors (Lipinski definition) is 1. The van der Waals surface area contributed by atoms with Crippen molar-refractivity contribution in [2.45, 2.75) is 24.0 Å². The van der Waals surface area contributed by atoms with Crippen LogP contribution >= 0.6 is 0 Å². The van der Waals surface area contributed by atoms with Gasteiger partial charge in [0.05, 0.1) is 22.2 Å². The smallest absolute Gasteiger partial charge is 0.339 e. The van der Waals surface area contributed by atoms with E-state index in [1.165, 1.54) is 0 Å². The number of nitriles is 1. The van der Waals surface area contributed by atoms with Crippen LogP contribution in [0.3, 0.4) is 0 Å². The highest BCUT2D eigenvalue weighted by Gasteiger charge is 2.40. The van der Waals surface area contributed by atoms with Gasteiger partial charge in [0.15, 0.2) is 6.19 Å². The molecule has 0 bridgehead atoms. The van der Waals surface area contributed by atoms with Crippen LogP contribution in [0.4, 0.5) is 23.2 Å². The number of halogens is 4. The molecule has 0 aromatic heterocycles. The zero-order chi connectivity index (χ0) is 27.5. The zero-order valence-corrected chi connectivity index (χ0v) is 21.0. The Hall–Kier alpha value is -3.95. The van der Waals surface area contributed by atoms with Gasteiger partial charge in [-0.2, -0.15) is 22.7 Å². The van der Waals surface area contributed by atoms with E-state index >= 15 is 0 Å². The molecule has 4 rings (SSSR count). The van der Waals surface area contributed by atoms with Crippen LogP contribution in [-0.2, 0) is 16.2 Å². The molecule has 0 radical (unpaired) electrons. The number of guanidine groups is 1. The summed E-state index contributed by atoms with van der Waals surface area (Å²) in [5, 5.41) is 11.9. The van der Waals surface area contributed by atoms with Gasteiger partial charge in [-0.25, -0.2) is 17.8 Å². The van der Waals surface area contributed by atoms with Crippen molar-refractivity contribution in [2.24, 2.45) is 4.99 Å². The fourth-order valence-corrected chi connectivity index (χ4v) is 5.86. The van der Waals surface area contributed by atoms with Crippen molar-refractivity contribution in [1.82, 2.24) is 14.5 Å². The van der Waals surface area contributed by atoms with Gasteiger partial charge in [0, 0.05) is 19.6 Å². The number of alkyl halides is 3. The van der Waals surface area contributed by atoms with Crippen LogP contribution in [0, 0.1) is 24.2 Å². The van der Waals surface area contributed by atoms with Gasteiger partial charge in [0.1, 0.15) is 5.82 Å². The summed E-state index contributed by atoms with van der Waals surface area (Å²) in [6.45, 7) is 1.88. The van der Waals surface area contributed by atoms with Gasteiger partial charge in [-0.1, -0.05) is 48.5 Å². The summed E-state index contributed by atoms with van der Waals surface area (Å²) in [7, 11) is -4.47. The molecule has 0 amide bonds. The fourth-order valence-electron chi connectivity index (χ4n) is 4.24. The Labute approximate surface area is 217 Å². The minimum absolute atomic E-state index is 0.0515. The molecule has 3 aromatic rings. The SMILES string of the molecule is Cc1ccccc1N=C(NC#N)N1CCN(S(=O)(=O)c2ccc(F)c(C(F)(F)F)c2)C(c2ccccc2)C1. The van der Waals surface area contributed by atoms with Crippen molar-refractivity contribution in [3.05, 3.63) is 95.3 Å². The van der Waals surface area contributed by atoms with Crippen LogP contribution in [0.15, 0.2) is 82.7 Å². The van der Waals surface area contributed by atoms with E-state index in [9.17, 15) is 31.2 Å². The van der Waals surface area contributed by atoms with E-state index in [1.54, 1.807) is 47.4 Å². The van der Waals surface area contributed by atoms with Crippen molar-refractivity contribution in [2.75, 3.05) is 19.6 Å². The Balaban J connectivity index is 1.74. The second-order valence-electron chi connectivity index (χ2n) is 8.59. The van der Waals surface area contributed by atoms with Crippen LogP contribution in [0.2, 0.25) is 0 Å². The lowest BCUT2D eigenvalue weighted by Crippen LogP contribution is -2.54. The standard InChI is InChI=1S/C26H23F4N5O2S/c1-18-7-5-6-10-23(18)33-25(32-17-31)34-13-14-35(24(16-34)19-8-3-2-4-9-19)38(36,37)20-11-12-22(27)21(15-20)26(28,29)30/h2-12,15,24H,13-14,16H2,1H3,(H,32,33). The first-order chi connectivity index (χ1) is 18.0. The molecule has 0 spiro atoms.